The molecule has 0 saturated heterocycles. The highest BCUT2D eigenvalue weighted by Gasteiger charge is 2.24. The molecule has 10 heteroatoms. The summed E-state index contributed by atoms with van der Waals surface area (Å²) >= 11 is 0. The van der Waals surface area contributed by atoms with Crippen LogP contribution >= 0.6 is 0 Å². The third-order valence-electron chi connectivity index (χ3n) is 5.10. The van der Waals surface area contributed by atoms with Gasteiger partial charge in [0.2, 0.25) is 5.88 Å². The summed E-state index contributed by atoms with van der Waals surface area (Å²) < 4.78 is 13.0. The molecule has 34 heavy (non-hydrogen) atoms. The maximum absolute atomic E-state index is 10.2. The summed E-state index contributed by atoms with van der Waals surface area (Å²) in [5.74, 6) is 6.66. The second-order valence-electron chi connectivity index (χ2n) is 8.47. The summed E-state index contributed by atoms with van der Waals surface area (Å²) in [6, 6.07) is 11.2. The standard InChI is InChI=1S/C24H27N7O3/c1-5-31-17-13-18(33-21(14(2)25)15-9-7-6-8-10-15)27-16(11-12-24(3,4)32)19(17)28-23(31)20-22(26)30-34-29-20/h6-10,13-14,21,32H,5,25H2,1-4H3,(H2,26,30). The Morgan fingerprint density at radius 3 is 2.53 bits per heavy atom. The lowest BCUT2D eigenvalue weighted by Gasteiger charge is -2.22. The van der Waals surface area contributed by atoms with Crippen molar-refractivity contribution < 1.29 is 14.5 Å². The highest BCUT2D eigenvalue weighted by atomic mass is 16.6. The van der Waals surface area contributed by atoms with Crippen molar-refractivity contribution in [3.8, 4) is 29.2 Å². The molecule has 2 unspecified atom stereocenters. The lowest BCUT2D eigenvalue weighted by Crippen LogP contribution is -2.29. The maximum atomic E-state index is 10.2. The lowest BCUT2D eigenvalue weighted by atomic mass is 10.0. The largest absolute Gasteiger partial charge is 0.468 e. The first-order valence-corrected chi connectivity index (χ1v) is 10.9. The summed E-state index contributed by atoms with van der Waals surface area (Å²) in [6.45, 7) is 7.58. The number of nitrogens with two attached hydrogens (primary N) is 2. The molecule has 0 fully saturated rings. The quantitative estimate of drug-likeness (QED) is 0.368. The van der Waals surface area contributed by atoms with Crippen LogP contribution in [0.3, 0.4) is 0 Å². The Balaban J connectivity index is 1.91. The number of aliphatic hydroxyl groups is 1. The molecule has 176 valence electrons. The normalized spacial score (nSPS) is 13.4. The van der Waals surface area contributed by atoms with Gasteiger partial charge in [-0.25, -0.2) is 14.6 Å². The van der Waals surface area contributed by atoms with E-state index in [0.29, 0.717) is 40.7 Å². The van der Waals surface area contributed by atoms with Gasteiger partial charge in [0.25, 0.3) is 0 Å². The van der Waals surface area contributed by atoms with Gasteiger partial charge in [0.05, 0.1) is 5.52 Å². The van der Waals surface area contributed by atoms with E-state index in [2.05, 4.69) is 27.1 Å². The zero-order valence-corrected chi connectivity index (χ0v) is 19.5. The Kier molecular flexibility index (Phi) is 6.24. The van der Waals surface area contributed by atoms with Crippen LogP contribution in [-0.2, 0) is 6.54 Å². The summed E-state index contributed by atoms with van der Waals surface area (Å²) in [6.07, 6.45) is -0.436. The fraction of sp³-hybridized carbons (Fsp3) is 0.333. The fourth-order valence-corrected chi connectivity index (χ4v) is 3.56. The van der Waals surface area contributed by atoms with Crippen LogP contribution in [0.25, 0.3) is 22.6 Å². The van der Waals surface area contributed by atoms with Crippen molar-refractivity contribution in [2.45, 2.75) is 52.0 Å². The Hall–Kier alpha value is -3.94. The summed E-state index contributed by atoms with van der Waals surface area (Å²) in [5, 5.41) is 17.7. The number of aromatic nitrogens is 5. The number of benzene rings is 1. The molecule has 0 aliphatic carbocycles. The smallest absolute Gasteiger partial charge is 0.217 e. The molecule has 0 aliphatic rings. The highest BCUT2D eigenvalue weighted by molar-refractivity contribution is 5.86. The van der Waals surface area contributed by atoms with Crippen LogP contribution in [0.1, 0.15) is 45.1 Å². The number of fused-ring (bicyclic) bond motifs is 1. The molecule has 1 aromatic carbocycles. The third kappa shape index (κ3) is 4.71. The molecule has 0 spiro atoms. The minimum absolute atomic E-state index is 0.125. The van der Waals surface area contributed by atoms with E-state index in [1.807, 2.05) is 48.7 Å². The van der Waals surface area contributed by atoms with Gasteiger partial charge in [-0.15, -0.1) is 0 Å². The summed E-state index contributed by atoms with van der Waals surface area (Å²) in [4.78, 5) is 9.31. The molecule has 4 rings (SSSR count). The first-order chi connectivity index (χ1) is 16.2. The molecule has 0 amide bonds. The van der Waals surface area contributed by atoms with Crippen molar-refractivity contribution in [2.24, 2.45) is 5.73 Å². The van der Waals surface area contributed by atoms with Gasteiger partial charge in [0.15, 0.2) is 17.3 Å². The molecular weight excluding hydrogens is 434 g/mol. The molecule has 2 atom stereocenters. The molecule has 5 N–H and O–H groups in total. The van der Waals surface area contributed by atoms with Crippen LogP contribution in [0.15, 0.2) is 41.0 Å². The molecule has 10 nitrogen and oxygen atoms in total. The van der Waals surface area contributed by atoms with Crippen LogP contribution in [0.4, 0.5) is 5.82 Å². The third-order valence-corrected chi connectivity index (χ3v) is 5.10. The number of pyridine rings is 1. The highest BCUT2D eigenvalue weighted by Crippen LogP contribution is 2.31. The molecule has 0 bridgehead atoms. The van der Waals surface area contributed by atoms with Gasteiger partial charge in [-0.3, -0.25) is 0 Å². The van der Waals surface area contributed by atoms with Crippen molar-refractivity contribution in [3.05, 3.63) is 47.7 Å². The molecule has 0 saturated carbocycles. The number of nitrogens with zero attached hydrogens (tertiary/aromatic N) is 5. The maximum Gasteiger partial charge on any atom is 0.217 e. The van der Waals surface area contributed by atoms with E-state index >= 15 is 0 Å². The molecular formula is C24H27N7O3. The van der Waals surface area contributed by atoms with E-state index in [4.69, 9.17) is 25.8 Å². The Labute approximate surface area is 196 Å². The number of hydrogen-bond acceptors (Lipinski definition) is 9. The van der Waals surface area contributed by atoms with E-state index in [1.54, 1.807) is 19.9 Å². The number of hydrogen-bond donors (Lipinski definition) is 3. The van der Waals surface area contributed by atoms with E-state index < -0.39 is 11.7 Å². The summed E-state index contributed by atoms with van der Waals surface area (Å²) in [7, 11) is 0. The second kappa shape index (κ2) is 9.13. The van der Waals surface area contributed by atoms with E-state index in [1.165, 1.54) is 0 Å². The van der Waals surface area contributed by atoms with Crippen molar-refractivity contribution in [1.29, 1.82) is 0 Å². The second-order valence-corrected chi connectivity index (χ2v) is 8.47. The monoisotopic (exact) mass is 461 g/mol. The minimum atomic E-state index is -1.22. The first kappa shape index (κ1) is 23.2. The Bertz CT molecular complexity index is 1360. The topological polar surface area (TPSA) is 151 Å². The van der Waals surface area contributed by atoms with E-state index in [0.717, 1.165) is 5.56 Å². The molecule has 4 aromatic rings. The Morgan fingerprint density at radius 1 is 1.21 bits per heavy atom. The molecule has 3 heterocycles. The fourth-order valence-electron chi connectivity index (χ4n) is 3.56. The lowest BCUT2D eigenvalue weighted by molar-refractivity contribution is 0.143. The SMILES string of the molecule is CCn1c(-c2nonc2N)nc2c(C#CC(C)(C)O)nc(OC(c3ccccc3)C(C)N)cc21. The number of ether oxygens (including phenoxy) is 1. The van der Waals surface area contributed by atoms with Gasteiger partial charge in [-0.1, -0.05) is 36.3 Å². The van der Waals surface area contributed by atoms with E-state index in [-0.39, 0.29) is 11.9 Å². The average Bonchev–Trinajstić information content (AvgIpc) is 3.38. The zero-order chi connectivity index (χ0) is 24.5. The van der Waals surface area contributed by atoms with Gasteiger partial charge in [-0.05, 0) is 49.5 Å². The van der Waals surface area contributed by atoms with E-state index in [9.17, 15) is 5.11 Å². The van der Waals surface area contributed by atoms with Crippen molar-refractivity contribution in [1.82, 2.24) is 24.8 Å². The van der Waals surface area contributed by atoms with Crippen LogP contribution in [0.2, 0.25) is 0 Å². The van der Waals surface area contributed by atoms with Gasteiger partial charge >= 0.3 is 0 Å². The molecule has 3 aromatic heterocycles. The number of anilines is 1. The predicted octanol–water partition coefficient (Wildman–Crippen LogP) is 2.67. The number of nitrogen functional groups attached to an aromatic ring is 1. The predicted molar refractivity (Wildman–Crippen MR) is 128 cm³/mol. The minimum Gasteiger partial charge on any atom is -0.468 e. The number of imidazole rings is 1. The number of aryl methyl sites for hydroxylation is 1. The van der Waals surface area contributed by atoms with Crippen LogP contribution in [0.5, 0.6) is 5.88 Å². The van der Waals surface area contributed by atoms with Crippen molar-refractivity contribution in [3.63, 3.8) is 0 Å². The van der Waals surface area contributed by atoms with Crippen LogP contribution in [0, 0.1) is 11.8 Å². The zero-order valence-electron chi connectivity index (χ0n) is 19.5. The first-order valence-electron chi connectivity index (χ1n) is 10.9. The number of rotatable bonds is 6. The van der Waals surface area contributed by atoms with Gasteiger partial charge in [0.1, 0.15) is 22.9 Å². The van der Waals surface area contributed by atoms with Crippen molar-refractivity contribution >= 4 is 16.9 Å². The van der Waals surface area contributed by atoms with Gasteiger partial charge in [-0.2, -0.15) is 0 Å². The Morgan fingerprint density at radius 2 is 1.94 bits per heavy atom. The van der Waals surface area contributed by atoms with Crippen LogP contribution in [-0.4, -0.2) is 41.6 Å². The molecule has 0 aliphatic heterocycles. The van der Waals surface area contributed by atoms with Crippen molar-refractivity contribution in [2.75, 3.05) is 5.73 Å². The summed E-state index contributed by atoms with van der Waals surface area (Å²) in [5.41, 5.74) is 13.8. The van der Waals surface area contributed by atoms with Gasteiger partial charge < -0.3 is 25.9 Å². The van der Waals surface area contributed by atoms with Gasteiger partial charge in [0, 0.05) is 18.7 Å². The molecule has 0 radical (unpaired) electrons. The van der Waals surface area contributed by atoms with Crippen LogP contribution < -0.4 is 16.2 Å². The average molecular weight is 462 g/mol.